The first-order valence-electron chi connectivity index (χ1n) is 15.8. The summed E-state index contributed by atoms with van der Waals surface area (Å²) in [5.74, 6) is 3.53. The lowest BCUT2D eigenvalue weighted by Crippen LogP contribution is -2.25. The van der Waals surface area contributed by atoms with Gasteiger partial charge in [-0.1, -0.05) is 113 Å². The van der Waals surface area contributed by atoms with E-state index in [2.05, 4.69) is 120 Å². The molecule has 0 amide bonds. The Morgan fingerprint density at radius 1 is 0.548 bits per heavy atom. The van der Waals surface area contributed by atoms with E-state index in [1.165, 1.54) is 11.1 Å². The third-order valence-electron chi connectivity index (χ3n) is 7.88. The molecule has 0 fully saturated rings. The van der Waals surface area contributed by atoms with E-state index in [9.17, 15) is 0 Å². The molecular weight excluding hydrogens is 524 g/mol. The van der Waals surface area contributed by atoms with Crippen LogP contribution in [0, 0.1) is 0 Å². The van der Waals surface area contributed by atoms with E-state index in [0.717, 1.165) is 88.4 Å². The lowest BCUT2D eigenvalue weighted by molar-refractivity contribution is 0.286. The molecule has 0 saturated carbocycles. The molecule has 0 bridgehead atoms. The van der Waals surface area contributed by atoms with Crippen LogP contribution in [-0.4, -0.2) is 69.3 Å². The van der Waals surface area contributed by atoms with Gasteiger partial charge in [0.2, 0.25) is 11.8 Å². The summed E-state index contributed by atoms with van der Waals surface area (Å²) in [5.41, 5.74) is 2.49. The van der Waals surface area contributed by atoms with Gasteiger partial charge in [0.25, 0.3) is 0 Å². The van der Waals surface area contributed by atoms with Crippen LogP contribution in [0.5, 0.6) is 0 Å². The van der Waals surface area contributed by atoms with Crippen LogP contribution in [0.25, 0.3) is 0 Å². The monoisotopic (exact) mass is 574 g/mol. The van der Waals surface area contributed by atoms with Gasteiger partial charge in [-0.25, -0.2) is 0 Å². The number of nitrogens with zero attached hydrogens (tertiary/aromatic N) is 6. The largest absolute Gasteiger partial charge is 0.339 e. The minimum atomic E-state index is 0.220. The average Bonchev–Trinajstić information content (AvgIpc) is 3.71. The zero-order chi connectivity index (χ0) is 30.2. The molecule has 8 heteroatoms. The number of hydrogen-bond donors (Lipinski definition) is 0. The zero-order valence-electron chi connectivity index (χ0n) is 26.5. The van der Waals surface area contributed by atoms with Crippen LogP contribution < -0.4 is 0 Å². The van der Waals surface area contributed by atoms with Gasteiger partial charge in [-0.3, -0.25) is 0 Å². The SMILES string of the molecule is CCC(c1ccccc1)c1noc(CCN(CC)CC)n1.CCC(c1ccccc1)c1noc(CCN(CC)CC)n1. The van der Waals surface area contributed by atoms with Gasteiger partial charge in [-0.15, -0.1) is 0 Å². The van der Waals surface area contributed by atoms with Crippen molar-refractivity contribution in [2.45, 2.75) is 79.1 Å². The number of hydrogen-bond acceptors (Lipinski definition) is 8. The van der Waals surface area contributed by atoms with Crippen molar-refractivity contribution in [3.63, 3.8) is 0 Å². The molecule has 2 atom stereocenters. The Bertz CT molecular complexity index is 1140. The molecule has 0 N–H and O–H groups in total. The third kappa shape index (κ3) is 9.88. The smallest absolute Gasteiger partial charge is 0.227 e. The highest BCUT2D eigenvalue weighted by Gasteiger charge is 2.20. The summed E-state index contributed by atoms with van der Waals surface area (Å²) in [6.45, 7) is 19.2. The Labute approximate surface area is 252 Å². The first-order valence-corrected chi connectivity index (χ1v) is 15.8. The van der Waals surface area contributed by atoms with Crippen molar-refractivity contribution in [1.82, 2.24) is 30.1 Å². The van der Waals surface area contributed by atoms with Crippen LogP contribution in [0.15, 0.2) is 69.7 Å². The van der Waals surface area contributed by atoms with Crippen molar-refractivity contribution < 1.29 is 9.05 Å². The highest BCUT2D eigenvalue weighted by Crippen LogP contribution is 2.26. The molecule has 2 unspecified atom stereocenters. The molecule has 0 aliphatic carbocycles. The standard InChI is InChI=1S/2C17H25N3O/c2*1-4-15(14-10-8-7-9-11-14)17-18-16(21-19-17)12-13-20(5-2)6-3/h2*7-11,15H,4-6,12-13H2,1-3H3. The molecule has 4 rings (SSSR count). The van der Waals surface area contributed by atoms with Crippen molar-refractivity contribution in [2.24, 2.45) is 0 Å². The van der Waals surface area contributed by atoms with E-state index in [1.54, 1.807) is 0 Å². The summed E-state index contributed by atoms with van der Waals surface area (Å²) in [6, 6.07) is 20.8. The zero-order valence-corrected chi connectivity index (χ0v) is 26.5. The van der Waals surface area contributed by atoms with E-state index in [0.29, 0.717) is 0 Å². The Morgan fingerprint density at radius 3 is 1.21 bits per heavy atom. The summed E-state index contributed by atoms with van der Waals surface area (Å²) in [6.07, 6.45) is 3.58. The molecule has 2 heterocycles. The maximum absolute atomic E-state index is 5.42. The molecule has 42 heavy (non-hydrogen) atoms. The van der Waals surface area contributed by atoms with Crippen LogP contribution in [0.2, 0.25) is 0 Å². The van der Waals surface area contributed by atoms with Gasteiger partial charge < -0.3 is 18.8 Å². The van der Waals surface area contributed by atoms with Crippen molar-refractivity contribution in [3.05, 3.63) is 95.2 Å². The predicted octanol–water partition coefficient (Wildman–Crippen LogP) is 6.99. The topological polar surface area (TPSA) is 84.3 Å². The molecule has 0 spiro atoms. The maximum atomic E-state index is 5.42. The second-order valence-corrected chi connectivity index (χ2v) is 10.4. The first-order chi connectivity index (χ1) is 20.6. The van der Waals surface area contributed by atoms with E-state index < -0.39 is 0 Å². The lowest BCUT2D eigenvalue weighted by atomic mass is 9.96. The Balaban J connectivity index is 0.000000230. The number of rotatable bonds is 16. The van der Waals surface area contributed by atoms with Gasteiger partial charge >= 0.3 is 0 Å². The summed E-state index contributed by atoms with van der Waals surface area (Å²) in [5, 5.41) is 8.38. The second kappa shape index (κ2) is 18.2. The van der Waals surface area contributed by atoms with E-state index in [4.69, 9.17) is 9.05 Å². The number of aromatic nitrogens is 4. The van der Waals surface area contributed by atoms with E-state index in [1.807, 2.05) is 12.1 Å². The van der Waals surface area contributed by atoms with Crippen molar-refractivity contribution in [3.8, 4) is 0 Å². The van der Waals surface area contributed by atoms with Gasteiger partial charge in [0, 0.05) is 37.8 Å². The van der Waals surface area contributed by atoms with E-state index in [-0.39, 0.29) is 11.8 Å². The van der Waals surface area contributed by atoms with Gasteiger partial charge in [0.15, 0.2) is 11.6 Å². The lowest BCUT2D eigenvalue weighted by Gasteiger charge is -2.16. The summed E-state index contributed by atoms with van der Waals surface area (Å²) >= 11 is 0. The average molecular weight is 575 g/mol. The maximum Gasteiger partial charge on any atom is 0.227 e. The van der Waals surface area contributed by atoms with Gasteiger partial charge in [0.1, 0.15) is 0 Å². The van der Waals surface area contributed by atoms with E-state index >= 15 is 0 Å². The summed E-state index contributed by atoms with van der Waals surface area (Å²) in [7, 11) is 0. The first kappa shape index (κ1) is 33.1. The van der Waals surface area contributed by atoms with Crippen LogP contribution >= 0.6 is 0 Å². The fraction of sp³-hybridized carbons (Fsp3) is 0.529. The minimum Gasteiger partial charge on any atom is -0.339 e. The predicted molar refractivity (Wildman–Crippen MR) is 169 cm³/mol. The molecule has 0 aliphatic heterocycles. The Morgan fingerprint density at radius 2 is 0.905 bits per heavy atom. The fourth-order valence-electron chi connectivity index (χ4n) is 5.11. The number of likely N-dealkylation sites (N-methyl/N-ethyl adjacent to an activating group) is 2. The molecule has 0 saturated heterocycles. The van der Waals surface area contributed by atoms with Gasteiger partial charge in [-0.05, 0) is 50.1 Å². The minimum absolute atomic E-state index is 0.220. The molecule has 0 radical (unpaired) electrons. The van der Waals surface area contributed by atoms with Crippen LogP contribution in [-0.2, 0) is 12.8 Å². The third-order valence-corrected chi connectivity index (χ3v) is 7.88. The van der Waals surface area contributed by atoms with Crippen molar-refractivity contribution >= 4 is 0 Å². The fourth-order valence-corrected chi connectivity index (χ4v) is 5.11. The quantitative estimate of drug-likeness (QED) is 0.142. The van der Waals surface area contributed by atoms with Gasteiger partial charge in [0.05, 0.1) is 0 Å². The van der Waals surface area contributed by atoms with Gasteiger partial charge in [-0.2, -0.15) is 9.97 Å². The Hall–Kier alpha value is -3.36. The highest BCUT2D eigenvalue weighted by atomic mass is 16.5. The molecule has 4 aromatic rings. The number of benzene rings is 2. The molecule has 8 nitrogen and oxygen atoms in total. The van der Waals surface area contributed by atoms with Crippen molar-refractivity contribution in [1.29, 1.82) is 0 Å². The Kier molecular flexibility index (Phi) is 14.4. The van der Waals surface area contributed by atoms with Crippen LogP contribution in [0.1, 0.15) is 101 Å². The van der Waals surface area contributed by atoms with Crippen LogP contribution in [0.4, 0.5) is 0 Å². The molecule has 2 aromatic heterocycles. The second-order valence-electron chi connectivity index (χ2n) is 10.4. The molecule has 228 valence electrons. The summed E-state index contributed by atoms with van der Waals surface area (Å²) < 4.78 is 10.8. The highest BCUT2D eigenvalue weighted by molar-refractivity contribution is 5.25. The molecule has 2 aromatic carbocycles. The van der Waals surface area contributed by atoms with Crippen molar-refractivity contribution in [2.75, 3.05) is 39.3 Å². The molecule has 0 aliphatic rings. The normalized spacial score (nSPS) is 12.8. The van der Waals surface area contributed by atoms with Crippen LogP contribution in [0.3, 0.4) is 0 Å². The summed E-state index contributed by atoms with van der Waals surface area (Å²) in [4.78, 5) is 13.9. The molecular formula is C34H50N6O2.